The highest BCUT2D eigenvalue weighted by Gasteiger charge is 2.35. The zero-order valence-corrected chi connectivity index (χ0v) is 16.7. The number of aliphatic imine (C=N–C) groups is 1. The van der Waals surface area contributed by atoms with Crippen LogP contribution in [0, 0.1) is 5.82 Å². The minimum absolute atomic E-state index is 0.114. The number of carbonyl (C=O) groups is 1. The first kappa shape index (κ1) is 21.1. The van der Waals surface area contributed by atoms with Crippen molar-refractivity contribution in [1.82, 2.24) is 24.9 Å². The van der Waals surface area contributed by atoms with Crippen molar-refractivity contribution in [3.05, 3.63) is 47.5 Å². The first-order valence-corrected chi connectivity index (χ1v) is 9.66. The molecule has 0 saturated carbocycles. The normalized spacial score (nSPS) is 20.3. The fraction of sp³-hybridized carbons (Fsp3) is 0.421. The second-order valence-corrected chi connectivity index (χ2v) is 7.36. The van der Waals surface area contributed by atoms with Gasteiger partial charge in [-0.25, -0.2) is 14.2 Å². The molecule has 2 amide bonds. The summed E-state index contributed by atoms with van der Waals surface area (Å²) in [6.07, 6.45) is -3.73. The Morgan fingerprint density at radius 2 is 1.81 bits per heavy atom. The third-order valence-corrected chi connectivity index (χ3v) is 5.27. The summed E-state index contributed by atoms with van der Waals surface area (Å²) < 4.78 is 52.6. The molecule has 4 rings (SSSR count). The van der Waals surface area contributed by atoms with Crippen molar-refractivity contribution in [2.75, 3.05) is 31.1 Å². The minimum atomic E-state index is -4.51. The molecule has 1 saturated heterocycles. The molecular formula is C19H21F4N7O. The predicted octanol–water partition coefficient (Wildman–Crippen LogP) is 2.24. The Bertz CT molecular complexity index is 965. The van der Waals surface area contributed by atoms with Crippen molar-refractivity contribution in [2.24, 2.45) is 12.0 Å². The summed E-state index contributed by atoms with van der Waals surface area (Å²) in [6.45, 7) is 2.52. The lowest BCUT2D eigenvalue weighted by Gasteiger charge is -2.40. The smallest absolute Gasteiger partial charge is 0.369 e. The van der Waals surface area contributed by atoms with Gasteiger partial charge in [-0.3, -0.25) is 14.5 Å². The number of benzene rings is 1. The molecule has 166 valence electrons. The summed E-state index contributed by atoms with van der Waals surface area (Å²) in [7, 11) is 1.21. The van der Waals surface area contributed by atoms with Crippen molar-refractivity contribution >= 4 is 18.1 Å². The van der Waals surface area contributed by atoms with Crippen LogP contribution in [0.3, 0.4) is 0 Å². The maximum absolute atomic E-state index is 13.1. The number of aryl methyl sites for hydroxylation is 1. The number of carbonyl (C=O) groups excluding carboxylic acids is 1. The third-order valence-electron chi connectivity index (χ3n) is 5.27. The molecule has 1 unspecified atom stereocenters. The van der Waals surface area contributed by atoms with Gasteiger partial charge in [-0.15, -0.1) is 0 Å². The number of halogens is 4. The molecule has 0 aliphatic carbocycles. The van der Waals surface area contributed by atoms with Crippen LogP contribution in [-0.2, 0) is 19.8 Å². The summed E-state index contributed by atoms with van der Waals surface area (Å²) in [5.74, 6) is -0.286. The first-order chi connectivity index (χ1) is 14.7. The molecule has 31 heavy (non-hydrogen) atoms. The SMILES string of the molecule is Cn1nc(CN2C=NC(N3CCN(c4ccc(F)cc4)CC3)NC2=O)cc1C(F)(F)F. The molecule has 1 fully saturated rings. The van der Waals surface area contributed by atoms with Crippen LogP contribution in [-0.4, -0.2) is 64.4 Å². The Morgan fingerprint density at radius 3 is 2.39 bits per heavy atom. The van der Waals surface area contributed by atoms with E-state index in [4.69, 9.17) is 0 Å². The molecule has 12 heteroatoms. The van der Waals surface area contributed by atoms with Crippen LogP contribution < -0.4 is 10.2 Å². The van der Waals surface area contributed by atoms with Crippen LogP contribution in [0.2, 0.25) is 0 Å². The number of hydrogen-bond acceptors (Lipinski definition) is 5. The Labute approximate surface area is 175 Å². The van der Waals surface area contributed by atoms with Crippen molar-refractivity contribution in [3.8, 4) is 0 Å². The van der Waals surface area contributed by atoms with Crippen LogP contribution in [0.5, 0.6) is 0 Å². The number of hydrogen-bond donors (Lipinski definition) is 1. The lowest BCUT2D eigenvalue weighted by molar-refractivity contribution is -0.143. The van der Waals surface area contributed by atoms with E-state index < -0.39 is 24.2 Å². The van der Waals surface area contributed by atoms with E-state index in [0.717, 1.165) is 16.4 Å². The fourth-order valence-electron chi connectivity index (χ4n) is 3.65. The summed E-state index contributed by atoms with van der Waals surface area (Å²) in [5, 5.41) is 6.59. The molecular weight excluding hydrogens is 418 g/mol. The van der Waals surface area contributed by atoms with E-state index in [0.29, 0.717) is 26.2 Å². The van der Waals surface area contributed by atoms with E-state index in [-0.39, 0.29) is 18.1 Å². The van der Waals surface area contributed by atoms with Gasteiger partial charge in [0.25, 0.3) is 0 Å². The Morgan fingerprint density at radius 1 is 1.13 bits per heavy atom. The zero-order chi connectivity index (χ0) is 22.2. The van der Waals surface area contributed by atoms with Crippen molar-refractivity contribution in [1.29, 1.82) is 0 Å². The number of rotatable bonds is 4. The Kier molecular flexibility index (Phi) is 5.56. The van der Waals surface area contributed by atoms with Crippen LogP contribution in [0.1, 0.15) is 11.4 Å². The lowest BCUT2D eigenvalue weighted by atomic mass is 10.2. The van der Waals surface area contributed by atoms with E-state index in [1.807, 2.05) is 4.90 Å². The van der Waals surface area contributed by atoms with Crippen LogP contribution in [0.4, 0.5) is 28.0 Å². The van der Waals surface area contributed by atoms with Crippen molar-refractivity contribution in [2.45, 2.75) is 19.0 Å². The van der Waals surface area contributed by atoms with Gasteiger partial charge in [0, 0.05) is 38.9 Å². The summed E-state index contributed by atoms with van der Waals surface area (Å²) >= 11 is 0. The average Bonchev–Trinajstić information content (AvgIpc) is 3.11. The van der Waals surface area contributed by atoms with E-state index in [1.165, 1.54) is 30.4 Å². The van der Waals surface area contributed by atoms with E-state index in [1.54, 1.807) is 12.1 Å². The molecule has 2 aromatic rings. The molecule has 2 aliphatic heterocycles. The second kappa shape index (κ2) is 8.17. The predicted molar refractivity (Wildman–Crippen MR) is 105 cm³/mol. The molecule has 1 N–H and O–H groups in total. The quantitative estimate of drug-likeness (QED) is 0.742. The topological polar surface area (TPSA) is 69.0 Å². The van der Waals surface area contributed by atoms with E-state index >= 15 is 0 Å². The van der Waals surface area contributed by atoms with Crippen molar-refractivity contribution in [3.63, 3.8) is 0 Å². The summed E-state index contributed by atoms with van der Waals surface area (Å²) in [4.78, 5) is 22.1. The molecule has 0 spiro atoms. The number of nitrogens with zero attached hydrogens (tertiary/aromatic N) is 6. The second-order valence-electron chi connectivity index (χ2n) is 7.36. The van der Waals surface area contributed by atoms with Crippen LogP contribution in [0.25, 0.3) is 0 Å². The number of urea groups is 1. The summed E-state index contributed by atoms with van der Waals surface area (Å²) in [5.41, 5.74) is 0.161. The number of nitrogens with one attached hydrogen (secondary N) is 1. The van der Waals surface area contributed by atoms with Crippen molar-refractivity contribution < 1.29 is 22.4 Å². The average molecular weight is 439 g/mol. The molecule has 1 aromatic carbocycles. The number of amides is 2. The van der Waals surface area contributed by atoms with E-state index in [9.17, 15) is 22.4 Å². The highest BCUT2D eigenvalue weighted by molar-refractivity contribution is 5.88. The molecule has 1 aromatic heterocycles. The number of aromatic nitrogens is 2. The molecule has 3 heterocycles. The molecule has 8 nitrogen and oxygen atoms in total. The van der Waals surface area contributed by atoms with Gasteiger partial charge < -0.3 is 10.2 Å². The molecule has 2 aliphatic rings. The standard InChI is InChI=1S/C19H21F4N7O/c1-27-16(19(21,22)23)10-14(26-27)11-30-12-24-17(25-18(30)31)29-8-6-28(7-9-29)15-4-2-13(20)3-5-15/h2-5,10,12,17H,6-9,11H2,1H3,(H,25,31). The minimum Gasteiger partial charge on any atom is -0.369 e. The fourth-order valence-corrected chi connectivity index (χ4v) is 3.65. The lowest BCUT2D eigenvalue weighted by Crippen LogP contribution is -2.59. The molecule has 1 atom stereocenters. The zero-order valence-electron chi connectivity index (χ0n) is 16.7. The maximum atomic E-state index is 13.1. The van der Waals surface area contributed by atoms with Crippen LogP contribution >= 0.6 is 0 Å². The van der Waals surface area contributed by atoms with Gasteiger partial charge in [-0.05, 0) is 30.3 Å². The third kappa shape index (κ3) is 4.63. The number of anilines is 1. The summed E-state index contributed by atoms with van der Waals surface area (Å²) in [6, 6.07) is 6.75. The van der Waals surface area contributed by atoms with Crippen LogP contribution in [0.15, 0.2) is 35.3 Å². The largest absolute Gasteiger partial charge is 0.433 e. The highest BCUT2D eigenvalue weighted by Crippen LogP contribution is 2.29. The van der Waals surface area contributed by atoms with Gasteiger partial charge in [0.2, 0.25) is 0 Å². The highest BCUT2D eigenvalue weighted by atomic mass is 19.4. The number of piperazine rings is 1. The maximum Gasteiger partial charge on any atom is 0.433 e. The molecule has 0 radical (unpaired) electrons. The van der Waals surface area contributed by atoms with E-state index in [2.05, 4.69) is 20.3 Å². The first-order valence-electron chi connectivity index (χ1n) is 9.66. The Hall–Kier alpha value is -3.15. The van der Waals surface area contributed by atoms with Gasteiger partial charge in [0.05, 0.1) is 18.6 Å². The molecule has 0 bridgehead atoms. The van der Waals surface area contributed by atoms with Gasteiger partial charge in [0.1, 0.15) is 11.5 Å². The van der Waals surface area contributed by atoms with Gasteiger partial charge in [0.15, 0.2) is 6.29 Å². The number of alkyl halides is 3. The van der Waals surface area contributed by atoms with Gasteiger partial charge >= 0.3 is 12.2 Å². The van der Waals surface area contributed by atoms with Gasteiger partial charge in [-0.2, -0.15) is 18.3 Å². The Balaban J connectivity index is 1.35. The van der Waals surface area contributed by atoms with Gasteiger partial charge in [-0.1, -0.05) is 0 Å². The monoisotopic (exact) mass is 439 g/mol.